The molecule has 0 radical (unpaired) electrons. The molecule has 0 spiro atoms. The summed E-state index contributed by atoms with van der Waals surface area (Å²) in [7, 11) is 0. The fourth-order valence-corrected chi connectivity index (χ4v) is 2.28. The topological polar surface area (TPSA) is 25.8 Å². The minimum atomic E-state index is 0.279. The second-order valence-corrected chi connectivity index (χ2v) is 4.85. The van der Waals surface area contributed by atoms with E-state index in [1.807, 2.05) is 30.3 Å². The summed E-state index contributed by atoms with van der Waals surface area (Å²) < 4.78 is 0. The number of nitrogens with zero attached hydrogens (tertiary/aromatic N) is 2. The minimum Gasteiger partial charge on any atom is -0.226 e. The summed E-state index contributed by atoms with van der Waals surface area (Å²) in [4.78, 5) is 7.93. The first kappa shape index (κ1) is 11.7. The van der Waals surface area contributed by atoms with E-state index in [0.717, 1.165) is 15.8 Å². The Morgan fingerprint density at radius 3 is 2.50 bits per heavy atom. The molecule has 0 bridgehead atoms. The predicted molar refractivity (Wildman–Crippen MR) is 68.1 cm³/mol. The Hall–Kier alpha value is -0.770. The van der Waals surface area contributed by atoms with E-state index in [0.29, 0.717) is 0 Å². The highest BCUT2D eigenvalue weighted by Crippen LogP contribution is 2.22. The van der Waals surface area contributed by atoms with Gasteiger partial charge in [-0.2, -0.15) is 0 Å². The van der Waals surface area contributed by atoms with Gasteiger partial charge in [-0.1, -0.05) is 23.7 Å². The van der Waals surface area contributed by atoms with E-state index in [1.165, 1.54) is 5.56 Å². The SMILES string of the molecule is Clc1ccc(CSc2ccnc(Cl)n2)cc1. The summed E-state index contributed by atoms with van der Waals surface area (Å²) in [5, 5.41) is 1.90. The molecular formula is C11H8Cl2N2S. The molecule has 5 heteroatoms. The van der Waals surface area contributed by atoms with Crippen LogP contribution in [0.15, 0.2) is 41.6 Å². The Bertz CT molecular complexity index is 474. The quantitative estimate of drug-likeness (QED) is 0.478. The molecule has 0 aliphatic carbocycles. The van der Waals surface area contributed by atoms with Gasteiger partial charge in [-0.25, -0.2) is 9.97 Å². The van der Waals surface area contributed by atoms with Gasteiger partial charge >= 0.3 is 0 Å². The van der Waals surface area contributed by atoms with Crippen LogP contribution in [0, 0.1) is 0 Å². The van der Waals surface area contributed by atoms with Crippen molar-refractivity contribution in [3.63, 3.8) is 0 Å². The maximum atomic E-state index is 5.80. The van der Waals surface area contributed by atoms with Crippen molar-refractivity contribution < 1.29 is 0 Å². The van der Waals surface area contributed by atoms with Crippen molar-refractivity contribution in [1.82, 2.24) is 9.97 Å². The second kappa shape index (κ2) is 5.53. The molecule has 16 heavy (non-hydrogen) atoms. The summed E-state index contributed by atoms with van der Waals surface area (Å²) in [6.45, 7) is 0. The van der Waals surface area contributed by atoms with Gasteiger partial charge in [0.1, 0.15) is 5.03 Å². The molecule has 2 nitrogen and oxygen atoms in total. The Kier molecular flexibility index (Phi) is 4.04. The summed E-state index contributed by atoms with van der Waals surface area (Å²) >= 11 is 13.1. The molecule has 1 aromatic heterocycles. The smallest absolute Gasteiger partial charge is 0.223 e. The van der Waals surface area contributed by atoms with E-state index in [1.54, 1.807) is 18.0 Å². The van der Waals surface area contributed by atoms with E-state index in [2.05, 4.69) is 9.97 Å². The van der Waals surface area contributed by atoms with Gasteiger partial charge in [-0.05, 0) is 35.4 Å². The minimum absolute atomic E-state index is 0.279. The molecule has 0 aliphatic heterocycles. The molecule has 82 valence electrons. The number of hydrogen-bond donors (Lipinski definition) is 0. The molecule has 0 unspecified atom stereocenters. The van der Waals surface area contributed by atoms with E-state index in [9.17, 15) is 0 Å². The zero-order valence-corrected chi connectivity index (χ0v) is 10.6. The Labute approximate surface area is 108 Å². The number of rotatable bonds is 3. The van der Waals surface area contributed by atoms with E-state index < -0.39 is 0 Å². The highest BCUT2D eigenvalue weighted by atomic mass is 35.5. The highest BCUT2D eigenvalue weighted by Gasteiger charge is 1.99. The Morgan fingerprint density at radius 2 is 1.81 bits per heavy atom. The number of aromatic nitrogens is 2. The number of halogens is 2. The lowest BCUT2D eigenvalue weighted by molar-refractivity contribution is 1.05. The fourth-order valence-electron chi connectivity index (χ4n) is 1.14. The first-order chi connectivity index (χ1) is 7.74. The van der Waals surface area contributed by atoms with Crippen LogP contribution >= 0.6 is 35.0 Å². The average molecular weight is 271 g/mol. The Morgan fingerprint density at radius 1 is 1.06 bits per heavy atom. The van der Waals surface area contributed by atoms with Crippen LogP contribution in [0.1, 0.15) is 5.56 Å². The van der Waals surface area contributed by atoms with Crippen molar-refractivity contribution in [1.29, 1.82) is 0 Å². The van der Waals surface area contributed by atoms with Crippen molar-refractivity contribution in [2.24, 2.45) is 0 Å². The van der Waals surface area contributed by atoms with Crippen LogP contribution in [-0.4, -0.2) is 9.97 Å². The van der Waals surface area contributed by atoms with Gasteiger partial charge in [0.25, 0.3) is 0 Å². The lowest BCUT2D eigenvalue weighted by atomic mass is 10.2. The first-order valence-electron chi connectivity index (χ1n) is 4.60. The predicted octanol–water partition coefficient (Wildman–Crippen LogP) is 4.08. The lowest BCUT2D eigenvalue weighted by Crippen LogP contribution is -1.85. The zero-order valence-electron chi connectivity index (χ0n) is 8.23. The van der Waals surface area contributed by atoms with Crippen LogP contribution < -0.4 is 0 Å². The van der Waals surface area contributed by atoms with E-state index in [4.69, 9.17) is 23.2 Å². The molecule has 0 saturated heterocycles. The average Bonchev–Trinajstić information content (AvgIpc) is 2.28. The van der Waals surface area contributed by atoms with E-state index >= 15 is 0 Å². The Balaban J connectivity index is 1.99. The number of benzene rings is 1. The summed E-state index contributed by atoms with van der Waals surface area (Å²) in [5.41, 5.74) is 1.20. The summed E-state index contributed by atoms with van der Waals surface area (Å²) in [6.07, 6.45) is 1.65. The number of hydrogen-bond acceptors (Lipinski definition) is 3. The van der Waals surface area contributed by atoms with Gasteiger partial charge in [-0.15, -0.1) is 11.8 Å². The number of thioether (sulfide) groups is 1. The van der Waals surface area contributed by atoms with Crippen LogP contribution in [0.2, 0.25) is 10.3 Å². The van der Waals surface area contributed by atoms with Crippen molar-refractivity contribution >= 4 is 35.0 Å². The summed E-state index contributed by atoms with van der Waals surface area (Å²) in [6, 6.07) is 9.59. The van der Waals surface area contributed by atoms with Gasteiger partial charge in [-0.3, -0.25) is 0 Å². The van der Waals surface area contributed by atoms with Crippen LogP contribution in [0.25, 0.3) is 0 Å². The van der Waals surface area contributed by atoms with Crippen molar-refractivity contribution in [2.75, 3.05) is 0 Å². The standard InChI is InChI=1S/C11H8Cl2N2S/c12-9-3-1-8(2-4-9)7-16-10-5-6-14-11(13)15-10/h1-6H,7H2. The van der Waals surface area contributed by atoms with E-state index in [-0.39, 0.29) is 5.28 Å². The molecule has 0 amide bonds. The molecule has 0 fully saturated rings. The van der Waals surface area contributed by atoms with Gasteiger partial charge < -0.3 is 0 Å². The fraction of sp³-hybridized carbons (Fsp3) is 0.0909. The molecule has 2 rings (SSSR count). The van der Waals surface area contributed by atoms with Crippen LogP contribution in [0.3, 0.4) is 0 Å². The molecule has 0 aliphatic rings. The van der Waals surface area contributed by atoms with Crippen molar-refractivity contribution in [3.8, 4) is 0 Å². The third kappa shape index (κ3) is 3.37. The van der Waals surface area contributed by atoms with Crippen molar-refractivity contribution in [2.45, 2.75) is 10.8 Å². The van der Waals surface area contributed by atoms with Gasteiger partial charge in [0.2, 0.25) is 5.28 Å². The second-order valence-electron chi connectivity index (χ2n) is 3.08. The maximum absolute atomic E-state index is 5.80. The first-order valence-corrected chi connectivity index (χ1v) is 6.34. The molecule has 2 aromatic rings. The maximum Gasteiger partial charge on any atom is 0.223 e. The van der Waals surface area contributed by atoms with Gasteiger partial charge in [0.15, 0.2) is 0 Å². The molecule has 0 atom stereocenters. The lowest BCUT2D eigenvalue weighted by Gasteiger charge is -2.01. The van der Waals surface area contributed by atoms with Gasteiger partial charge in [0, 0.05) is 17.0 Å². The molecular weight excluding hydrogens is 263 g/mol. The molecule has 0 saturated carbocycles. The highest BCUT2D eigenvalue weighted by molar-refractivity contribution is 7.98. The molecule has 1 aromatic carbocycles. The van der Waals surface area contributed by atoms with Gasteiger partial charge in [0.05, 0.1) is 0 Å². The zero-order chi connectivity index (χ0) is 11.4. The largest absolute Gasteiger partial charge is 0.226 e. The third-order valence-electron chi connectivity index (χ3n) is 1.90. The monoisotopic (exact) mass is 270 g/mol. The van der Waals surface area contributed by atoms with Crippen LogP contribution in [-0.2, 0) is 5.75 Å². The third-order valence-corrected chi connectivity index (χ3v) is 3.34. The normalized spacial score (nSPS) is 10.4. The summed E-state index contributed by atoms with van der Waals surface area (Å²) in [5.74, 6) is 0.838. The molecule has 0 N–H and O–H groups in total. The molecule has 1 heterocycles. The van der Waals surface area contributed by atoms with Crippen LogP contribution in [0.4, 0.5) is 0 Å². The van der Waals surface area contributed by atoms with Crippen LogP contribution in [0.5, 0.6) is 0 Å². The van der Waals surface area contributed by atoms with Crippen molar-refractivity contribution in [3.05, 3.63) is 52.4 Å².